The van der Waals surface area contributed by atoms with E-state index in [9.17, 15) is 9.59 Å². The molecule has 0 aliphatic heterocycles. The first-order valence-electron chi connectivity index (χ1n) is 5.55. The molecule has 0 saturated carbocycles. The van der Waals surface area contributed by atoms with Gasteiger partial charge in [0.15, 0.2) is 6.04 Å². The van der Waals surface area contributed by atoms with Gasteiger partial charge in [-0.1, -0.05) is 15.9 Å². The molecule has 1 aromatic rings. The van der Waals surface area contributed by atoms with Crippen molar-refractivity contribution in [2.24, 2.45) is 5.73 Å². The second-order valence-corrected chi connectivity index (χ2v) is 4.51. The van der Waals surface area contributed by atoms with Gasteiger partial charge in [0.05, 0.1) is 13.7 Å². The first kappa shape index (κ1) is 15.5. The fraction of sp³-hybridized carbons (Fsp3) is 0.333. The number of amides is 1. The van der Waals surface area contributed by atoms with Crippen LogP contribution in [0.4, 0.5) is 5.69 Å². The number of hydrogen-bond acceptors (Lipinski definition) is 5. The molecule has 1 atom stereocenters. The quantitative estimate of drug-likeness (QED) is 0.627. The van der Waals surface area contributed by atoms with Crippen molar-refractivity contribution in [3.63, 3.8) is 0 Å². The van der Waals surface area contributed by atoms with Crippen LogP contribution in [-0.4, -0.2) is 31.6 Å². The van der Waals surface area contributed by atoms with E-state index in [2.05, 4.69) is 26.0 Å². The van der Waals surface area contributed by atoms with Gasteiger partial charge in [-0.25, -0.2) is 4.79 Å². The highest BCUT2D eigenvalue weighted by atomic mass is 79.9. The normalized spacial score (nSPS) is 11.6. The average Bonchev–Trinajstić information content (AvgIpc) is 2.37. The molecule has 0 spiro atoms. The molecule has 0 aromatic heterocycles. The van der Waals surface area contributed by atoms with Crippen molar-refractivity contribution < 1.29 is 19.1 Å². The Balaban J connectivity index is 2.76. The van der Waals surface area contributed by atoms with E-state index in [1.54, 1.807) is 25.1 Å². The number of nitrogens with two attached hydrogens (primary N) is 1. The number of halogens is 1. The molecule has 0 aliphatic rings. The van der Waals surface area contributed by atoms with Crippen LogP contribution in [0.25, 0.3) is 0 Å². The van der Waals surface area contributed by atoms with E-state index in [1.165, 1.54) is 7.11 Å². The van der Waals surface area contributed by atoms with Crippen LogP contribution in [0.3, 0.4) is 0 Å². The van der Waals surface area contributed by atoms with Gasteiger partial charge in [0.1, 0.15) is 5.75 Å². The van der Waals surface area contributed by atoms with E-state index >= 15 is 0 Å². The van der Waals surface area contributed by atoms with Gasteiger partial charge in [-0.05, 0) is 19.1 Å². The summed E-state index contributed by atoms with van der Waals surface area (Å²) in [5.41, 5.74) is 5.94. The lowest BCUT2D eigenvalue weighted by molar-refractivity contribution is -0.146. The fourth-order valence-corrected chi connectivity index (χ4v) is 1.78. The smallest absolute Gasteiger partial charge is 0.332 e. The second kappa shape index (κ2) is 7.10. The lowest BCUT2D eigenvalue weighted by atomic mass is 10.2. The third kappa shape index (κ3) is 4.53. The second-order valence-electron chi connectivity index (χ2n) is 3.60. The molecule has 19 heavy (non-hydrogen) atoms. The summed E-state index contributed by atoms with van der Waals surface area (Å²) >= 11 is 3.28. The van der Waals surface area contributed by atoms with Crippen molar-refractivity contribution in [1.82, 2.24) is 0 Å². The number of carbonyl (C=O) groups excluding carboxylic acids is 2. The van der Waals surface area contributed by atoms with E-state index in [4.69, 9.17) is 10.5 Å². The van der Waals surface area contributed by atoms with Crippen LogP contribution in [0.2, 0.25) is 0 Å². The molecule has 3 N–H and O–H groups in total. The number of anilines is 1. The largest absolute Gasteiger partial charge is 0.497 e. The number of hydrogen-bond donors (Lipinski definition) is 2. The molecule has 1 amide bonds. The summed E-state index contributed by atoms with van der Waals surface area (Å²) in [5.74, 6) is -0.838. The molecule has 6 nitrogen and oxygen atoms in total. The summed E-state index contributed by atoms with van der Waals surface area (Å²) in [6.45, 7) is 1.81. The predicted octanol–water partition coefficient (Wildman–Crippen LogP) is 1.29. The first-order valence-corrected chi connectivity index (χ1v) is 6.35. The van der Waals surface area contributed by atoms with Gasteiger partial charge in [-0.3, -0.25) is 4.79 Å². The van der Waals surface area contributed by atoms with Gasteiger partial charge in [0.25, 0.3) is 5.91 Å². The van der Waals surface area contributed by atoms with Crippen molar-refractivity contribution in [3.8, 4) is 5.75 Å². The summed E-state index contributed by atoms with van der Waals surface area (Å²) in [4.78, 5) is 23.1. The van der Waals surface area contributed by atoms with E-state index in [0.717, 1.165) is 4.47 Å². The summed E-state index contributed by atoms with van der Waals surface area (Å²) in [7, 11) is 1.51. The monoisotopic (exact) mass is 330 g/mol. The Hall–Kier alpha value is -1.60. The van der Waals surface area contributed by atoms with Crippen LogP contribution in [0.5, 0.6) is 5.75 Å². The number of rotatable bonds is 5. The Bertz CT molecular complexity index is 479. The Labute approximate surface area is 119 Å². The Morgan fingerprint density at radius 3 is 2.68 bits per heavy atom. The standard InChI is InChI=1S/C12H15BrN2O4/c1-3-19-12(17)10(14)11(16)15-8-4-7(13)5-9(6-8)18-2/h4-6,10H,3,14H2,1-2H3,(H,15,16). The maximum Gasteiger partial charge on any atom is 0.332 e. The SMILES string of the molecule is CCOC(=O)C(N)C(=O)Nc1cc(Br)cc(OC)c1. The molecular weight excluding hydrogens is 316 g/mol. The number of ether oxygens (including phenoxy) is 2. The molecule has 0 heterocycles. The fourth-order valence-electron chi connectivity index (χ4n) is 1.31. The Morgan fingerprint density at radius 2 is 2.11 bits per heavy atom. The molecule has 104 valence electrons. The lowest BCUT2D eigenvalue weighted by Crippen LogP contribution is -2.43. The van der Waals surface area contributed by atoms with Crippen LogP contribution >= 0.6 is 15.9 Å². The minimum Gasteiger partial charge on any atom is -0.497 e. The molecule has 0 fully saturated rings. The zero-order chi connectivity index (χ0) is 14.4. The lowest BCUT2D eigenvalue weighted by Gasteiger charge is -2.12. The molecule has 0 radical (unpaired) electrons. The molecule has 0 bridgehead atoms. The van der Waals surface area contributed by atoms with Gasteiger partial charge in [-0.2, -0.15) is 0 Å². The highest BCUT2D eigenvalue weighted by molar-refractivity contribution is 9.10. The van der Waals surface area contributed by atoms with Crippen molar-refractivity contribution in [2.45, 2.75) is 13.0 Å². The van der Waals surface area contributed by atoms with Crippen molar-refractivity contribution in [3.05, 3.63) is 22.7 Å². The summed E-state index contributed by atoms with van der Waals surface area (Å²) < 4.78 is 10.5. The summed E-state index contributed by atoms with van der Waals surface area (Å²) in [5, 5.41) is 2.52. The van der Waals surface area contributed by atoms with Gasteiger partial charge >= 0.3 is 5.97 Å². The molecule has 1 rings (SSSR count). The average molecular weight is 331 g/mol. The van der Waals surface area contributed by atoms with Gasteiger partial charge in [-0.15, -0.1) is 0 Å². The van der Waals surface area contributed by atoms with Crippen LogP contribution in [0.1, 0.15) is 6.92 Å². The van der Waals surface area contributed by atoms with Crippen LogP contribution in [0.15, 0.2) is 22.7 Å². The Morgan fingerprint density at radius 1 is 1.42 bits per heavy atom. The van der Waals surface area contributed by atoms with Crippen molar-refractivity contribution in [1.29, 1.82) is 0 Å². The van der Waals surface area contributed by atoms with Crippen LogP contribution < -0.4 is 15.8 Å². The van der Waals surface area contributed by atoms with E-state index in [-0.39, 0.29) is 6.61 Å². The zero-order valence-electron chi connectivity index (χ0n) is 10.6. The highest BCUT2D eigenvalue weighted by Gasteiger charge is 2.23. The summed E-state index contributed by atoms with van der Waals surface area (Å²) in [6, 6.07) is 3.66. The van der Waals surface area contributed by atoms with Crippen molar-refractivity contribution in [2.75, 3.05) is 19.0 Å². The maximum atomic E-state index is 11.7. The van der Waals surface area contributed by atoms with Gasteiger partial charge < -0.3 is 20.5 Å². The minimum absolute atomic E-state index is 0.171. The molecule has 1 unspecified atom stereocenters. The van der Waals surface area contributed by atoms with E-state index < -0.39 is 17.9 Å². The predicted molar refractivity (Wildman–Crippen MR) is 73.9 cm³/mol. The highest BCUT2D eigenvalue weighted by Crippen LogP contribution is 2.24. The molecule has 1 aromatic carbocycles. The number of nitrogens with one attached hydrogen (secondary N) is 1. The molecule has 7 heteroatoms. The summed E-state index contributed by atoms with van der Waals surface area (Å²) in [6.07, 6.45) is 0. The number of esters is 1. The van der Waals surface area contributed by atoms with Gasteiger partial charge in [0, 0.05) is 16.2 Å². The van der Waals surface area contributed by atoms with Gasteiger partial charge in [0.2, 0.25) is 0 Å². The molecule has 0 saturated heterocycles. The number of benzene rings is 1. The third-order valence-electron chi connectivity index (χ3n) is 2.20. The minimum atomic E-state index is -1.36. The Kier molecular flexibility index (Phi) is 5.78. The maximum absolute atomic E-state index is 11.7. The number of carbonyl (C=O) groups is 2. The molecule has 0 aliphatic carbocycles. The zero-order valence-corrected chi connectivity index (χ0v) is 12.2. The first-order chi connectivity index (χ1) is 8.97. The van der Waals surface area contributed by atoms with Crippen LogP contribution in [-0.2, 0) is 14.3 Å². The number of methoxy groups -OCH3 is 1. The van der Waals surface area contributed by atoms with E-state index in [1.807, 2.05) is 0 Å². The third-order valence-corrected chi connectivity index (χ3v) is 2.66. The van der Waals surface area contributed by atoms with Crippen molar-refractivity contribution >= 4 is 33.5 Å². The van der Waals surface area contributed by atoms with E-state index in [0.29, 0.717) is 11.4 Å². The molecular formula is C12H15BrN2O4. The van der Waals surface area contributed by atoms with Crippen LogP contribution in [0, 0.1) is 0 Å². The topological polar surface area (TPSA) is 90.7 Å².